The van der Waals surface area contributed by atoms with Gasteiger partial charge in [-0.2, -0.15) is 13.2 Å². The van der Waals surface area contributed by atoms with Crippen molar-refractivity contribution in [2.75, 3.05) is 14.2 Å². The molecule has 0 aromatic heterocycles. The Kier molecular flexibility index (Phi) is 6.14. The number of alkyl halides is 3. The fourth-order valence-electron chi connectivity index (χ4n) is 3.03. The molecule has 0 radical (unpaired) electrons. The van der Waals surface area contributed by atoms with Crippen LogP contribution in [-0.2, 0) is 20.5 Å². The highest BCUT2D eigenvalue weighted by Crippen LogP contribution is 2.49. The number of carbonyl (C=O) groups excluding carboxylic acids is 2. The molecule has 3 rings (SSSR count). The average Bonchev–Trinajstić information content (AvgIpc) is 3.53. The molecule has 2 aromatic rings. The van der Waals surface area contributed by atoms with Gasteiger partial charge in [0.1, 0.15) is 0 Å². The number of hydrogen-bond acceptors (Lipinski definition) is 5. The van der Waals surface area contributed by atoms with Crippen molar-refractivity contribution in [3.63, 3.8) is 0 Å². The van der Waals surface area contributed by atoms with Crippen LogP contribution in [0, 0.1) is 5.92 Å². The van der Waals surface area contributed by atoms with E-state index in [2.05, 4.69) is 4.74 Å². The Morgan fingerprint density at radius 1 is 1.03 bits per heavy atom. The van der Waals surface area contributed by atoms with Crippen molar-refractivity contribution >= 4 is 18.0 Å². The molecule has 0 heterocycles. The number of methoxy groups -OCH3 is 2. The lowest BCUT2D eigenvalue weighted by Gasteiger charge is -2.10. The van der Waals surface area contributed by atoms with Crippen molar-refractivity contribution in [3.05, 3.63) is 65.2 Å². The maximum absolute atomic E-state index is 12.7. The number of benzene rings is 2. The summed E-state index contributed by atoms with van der Waals surface area (Å²) in [4.78, 5) is 23.6. The molecule has 0 amide bonds. The largest absolute Gasteiger partial charge is 0.493 e. The SMILES string of the molecule is COC(=O)/C=C/c1ccc(OC(=O)C2CC2c2ccc(C(F)(F)F)cc2)c(OC)c1. The molecule has 1 aliphatic rings. The summed E-state index contributed by atoms with van der Waals surface area (Å²) in [5.41, 5.74) is 0.586. The quantitative estimate of drug-likeness (QED) is 0.388. The standard InChI is InChI=1S/C22H19F3O5/c1-28-19-11-13(4-10-20(26)29-2)3-9-18(19)30-21(27)17-12-16(17)14-5-7-15(8-6-14)22(23,24)25/h3-11,16-17H,12H2,1-2H3/b10-4+. The number of carbonyl (C=O) groups is 2. The van der Waals surface area contributed by atoms with Crippen LogP contribution in [0.5, 0.6) is 11.5 Å². The van der Waals surface area contributed by atoms with E-state index in [1.165, 1.54) is 38.5 Å². The van der Waals surface area contributed by atoms with Crippen molar-refractivity contribution < 1.29 is 37.0 Å². The Balaban J connectivity index is 1.65. The summed E-state index contributed by atoms with van der Waals surface area (Å²) in [6.45, 7) is 0. The molecule has 2 aromatic carbocycles. The van der Waals surface area contributed by atoms with Gasteiger partial charge in [0.25, 0.3) is 0 Å². The summed E-state index contributed by atoms with van der Waals surface area (Å²) >= 11 is 0. The third kappa shape index (κ3) is 5.00. The van der Waals surface area contributed by atoms with E-state index in [0.29, 0.717) is 23.3 Å². The van der Waals surface area contributed by atoms with Gasteiger partial charge in [-0.25, -0.2) is 4.79 Å². The van der Waals surface area contributed by atoms with Crippen molar-refractivity contribution in [3.8, 4) is 11.5 Å². The Morgan fingerprint density at radius 3 is 2.33 bits per heavy atom. The van der Waals surface area contributed by atoms with Crippen LogP contribution in [0.2, 0.25) is 0 Å². The maximum atomic E-state index is 12.7. The first-order valence-electron chi connectivity index (χ1n) is 9.06. The summed E-state index contributed by atoms with van der Waals surface area (Å²) in [5, 5.41) is 0. The summed E-state index contributed by atoms with van der Waals surface area (Å²) in [6, 6.07) is 9.60. The molecule has 5 nitrogen and oxygen atoms in total. The molecule has 0 spiro atoms. The fourth-order valence-corrected chi connectivity index (χ4v) is 3.03. The number of ether oxygens (including phenoxy) is 3. The predicted octanol–water partition coefficient (Wildman–Crippen LogP) is 4.61. The van der Waals surface area contributed by atoms with Crippen LogP contribution in [0.3, 0.4) is 0 Å². The first kappa shape index (κ1) is 21.4. The number of halogens is 3. The summed E-state index contributed by atoms with van der Waals surface area (Å²) in [7, 11) is 2.69. The van der Waals surface area contributed by atoms with Crippen LogP contribution in [0.15, 0.2) is 48.5 Å². The zero-order chi connectivity index (χ0) is 21.9. The van der Waals surface area contributed by atoms with Gasteiger partial charge < -0.3 is 14.2 Å². The highest BCUT2D eigenvalue weighted by atomic mass is 19.4. The lowest BCUT2D eigenvalue weighted by atomic mass is 10.1. The molecule has 0 bridgehead atoms. The molecular formula is C22H19F3O5. The Bertz CT molecular complexity index is 964. The Morgan fingerprint density at radius 2 is 1.73 bits per heavy atom. The van der Waals surface area contributed by atoms with E-state index < -0.39 is 29.6 Å². The molecular weight excluding hydrogens is 401 g/mol. The van der Waals surface area contributed by atoms with E-state index >= 15 is 0 Å². The van der Waals surface area contributed by atoms with Gasteiger partial charge in [0.15, 0.2) is 11.5 Å². The number of rotatable bonds is 6. The van der Waals surface area contributed by atoms with E-state index in [-0.39, 0.29) is 11.7 Å². The molecule has 0 N–H and O–H groups in total. The van der Waals surface area contributed by atoms with Crippen LogP contribution in [-0.4, -0.2) is 26.2 Å². The smallest absolute Gasteiger partial charge is 0.416 e. The molecule has 0 saturated heterocycles. The van der Waals surface area contributed by atoms with E-state index in [0.717, 1.165) is 12.1 Å². The first-order valence-corrected chi connectivity index (χ1v) is 9.06. The lowest BCUT2D eigenvalue weighted by Crippen LogP contribution is -2.12. The molecule has 1 fully saturated rings. The van der Waals surface area contributed by atoms with Gasteiger partial charge in [0.2, 0.25) is 0 Å². The molecule has 2 atom stereocenters. The zero-order valence-corrected chi connectivity index (χ0v) is 16.2. The molecule has 1 aliphatic carbocycles. The highest BCUT2D eigenvalue weighted by molar-refractivity contribution is 5.87. The van der Waals surface area contributed by atoms with Crippen LogP contribution in [0.4, 0.5) is 13.2 Å². The predicted molar refractivity (Wildman–Crippen MR) is 102 cm³/mol. The Hall–Kier alpha value is -3.29. The van der Waals surface area contributed by atoms with Gasteiger partial charge in [0, 0.05) is 6.08 Å². The third-order valence-electron chi connectivity index (χ3n) is 4.77. The van der Waals surface area contributed by atoms with Gasteiger partial charge in [-0.1, -0.05) is 18.2 Å². The monoisotopic (exact) mass is 420 g/mol. The van der Waals surface area contributed by atoms with Crippen molar-refractivity contribution in [2.24, 2.45) is 5.92 Å². The molecule has 158 valence electrons. The van der Waals surface area contributed by atoms with E-state index in [1.54, 1.807) is 18.2 Å². The second-order valence-corrected chi connectivity index (χ2v) is 6.76. The molecule has 8 heteroatoms. The van der Waals surface area contributed by atoms with Crippen LogP contribution < -0.4 is 9.47 Å². The Labute approximate surface area is 171 Å². The van der Waals surface area contributed by atoms with Gasteiger partial charge in [-0.05, 0) is 53.8 Å². The summed E-state index contributed by atoms with van der Waals surface area (Å²) in [5.74, 6) is -1.06. The first-order chi connectivity index (χ1) is 14.2. The minimum Gasteiger partial charge on any atom is -0.493 e. The summed E-state index contributed by atoms with van der Waals surface area (Å²) < 4.78 is 53.2. The van der Waals surface area contributed by atoms with E-state index in [9.17, 15) is 22.8 Å². The second kappa shape index (κ2) is 8.61. The maximum Gasteiger partial charge on any atom is 0.416 e. The molecule has 1 saturated carbocycles. The van der Waals surface area contributed by atoms with Gasteiger partial charge >= 0.3 is 18.1 Å². The van der Waals surface area contributed by atoms with Crippen molar-refractivity contribution in [1.29, 1.82) is 0 Å². The zero-order valence-electron chi connectivity index (χ0n) is 16.2. The van der Waals surface area contributed by atoms with E-state index in [1.807, 2.05) is 0 Å². The van der Waals surface area contributed by atoms with E-state index in [4.69, 9.17) is 9.47 Å². The van der Waals surface area contributed by atoms with Crippen molar-refractivity contribution in [2.45, 2.75) is 18.5 Å². The molecule has 2 unspecified atom stereocenters. The van der Waals surface area contributed by atoms with Gasteiger partial charge in [-0.15, -0.1) is 0 Å². The third-order valence-corrected chi connectivity index (χ3v) is 4.77. The second-order valence-electron chi connectivity index (χ2n) is 6.76. The van der Waals surface area contributed by atoms with Gasteiger partial charge in [0.05, 0.1) is 25.7 Å². The minimum absolute atomic E-state index is 0.173. The van der Waals surface area contributed by atoms with Crippen LogP contribution in [0.25, 0.3) is 6.08 Å². The average molecular weight is 420 g/mol. The van der Waals surface area contributed by atoms with Crippen molar-refractivity contribution in [1.82, 2.24) is 0 Å². The minimum atomic E-state index is -4.39. The lowest BCUT2D eigenvalue weighted by molar-refractivity contribution is -0.138. The van der Waals surface area contributed by atoms with Crippen LogP contribution in [0.1, 0.15) is 29.0 Å². The topological polar surface area (TPSA) is 61.8 Å². The van der Waals surface area contributed by atoms with Crippen LogP contribution >= 0.6 is 0 Å². The fraction of sp³-hybridized carbons (Fsp3) is 0.273. The molecule has 0 aliphatic heterocycles. The summed E-state index contributed by atoms with van der Waals surface area (Å²) in [6.07, 6.45) is -1.11. The molecule has 30 heavy (non-hydrogen) atoms. The van der Waals surface area contributed by atoms with Gasteiger partial charge in [-0.3, -0.25) is 4.79 Å². The number of hydrogen-bond donors (Lipinski definition) is 0. The number of esters is 2. The highest BCUT2D eigenvalue weighted by Gasteiger charge is 2.46. The normalized spacial score (nSPS) is 18.2.